The molecule has 1 unspecified atom stereocenters. The van der Waals surface area contributed by atoms with E-state index in [2.05, 4.69) is 16.7 Å². The summed E-state index contributed by atoms with van der Waals surface area (Å²) in [6.45, 7) is 12.4. The number of hydrogen-bond acceptors (Lipinski definition) is 7. The number of phenolic OH excluding ortho intramolecular Hbond substituents is 1. The lowest BCUT2D eigenvalue weighted by atomic mass is 9.97. The standard InChI is InChI=1S/C26H37N5O3/c1-5-29-10-12-30(13-11-29)16-19-6-8-20(9-7-19)31(25(27)17-32)26(28)22-14-21(18(2)3)24(34-4)15-23(22)33/h6-9,14-15,17-18,26-27,33H,5,10-13,16,28H2,1-4H3. The minimum atomic E-state index is -0.922. The summed E-state index contributed by atoms with van der Waals surface area (Å²) in [5.41, 5.74) is 9.63. The molecular weight excluding hydrogens is 430 g/mol. The monoisotopic (exact) mass is 467 g/mol. The van der Waals surface area contributed by atoms with Gasteiger partial charge in [-0.25, -0.2) is 0 Å². The van der Waals surface area contributed by atoms with E-state index in [0.29, 0.717) is 23.3 Å². The second-order valence-electron chi connectivity index (χ2n) is 9.00. The van der Waals surface area contributed by atoms with Crippen molar-refractivity contribution in [3.8, 4) is 11.5 Å². The van der Waals surface area contributed by atoms with Crippen LogP contribution in [0.2, 0.25) is 0 Å². The largest absolute Gasteiger partial charge is 0.507 e. The Morgan fingerprint density at radius 3 is 2.29 bits per heavy atom. The lowest BCUT2D eigenvalue weighted by Gasteiger charge is -2.34. The third-order valence-electron chi connectivity index (χ3n) is 6.50. The van der Waals surface area contributed by atoms with E-state index in [4.69, 9.17) is 15.9 Å². The van der Waals surface area contributed by atoms with Crippen molar-refractivity contribution < 1.29 is 14.6 Å². The second kappa shape index (κ2) is 11.5. The van der Waals surface area contributed by atoms with E-state index in [9.17, 15) is 9.90 Å². The quantitative estimate of drug-likeness (QED) is 0.225. The third-order valence-corrected chi connectivity index (χ3v) is 6.50. The zero-order valence-corrected chi connectivity index (χ0v) is 20.6. The van der Waals surface area contributed by atoms with E-state index in [1.54, 1.807) is 13.2 Å². The van der Waals surface area contributed by atoms with E-state index in [1.807, 2.05) is 38.1 Å². The van der Waals surface area contributed by atoms with Crippen molar-refractivity contribution >= 4 is 17.8 Å². The number of nitrogens with two attached hydrogens (primary N) is 1. The molecule has 0 bridgehead atoms. The zero-order chi connectivity index (χ0) is 24.8. The molecule has 1 fully saturated rings. The van der Waals surface area contributed by atoms with Gasteiger partial charge in [0.25, 0.3) is 0 Å². The molecule has 8 nitrogen and oxygen atoms in total. The number of likely N-dealkylation sites (N-methyl/N-ethyl adjacent to an activating group) is 1. The highest BCUT2D eigenvalue weighted by atomic mass is 16.5. The lowest BCUT2D eigenvalue weighted by molar-refractivity contribution is -0.102. The summed E-state index contributed by atoms with van der Waals surface area (Å²) in [6.07, 6.45) is -0.459. The smallest absolute Gasteiger partial charge is 0.185 e. The van der Waals surface area contributed by atoms with Crippen LogP contribution in [0.4, 0.5) is 5.69 Å². The van der Waals surface area contributed by atoms with Crippen LogP contribution in [0.1, 0.15) is 49.5 Å². The average molecular weight is 468 g/mol. The van der Waals surface area contributed by atoms with E-state index >= 15 is 0 Å². The zero-order valence-electron chi connectivity index (χ0n) is 20.6. The molecule has 0 radical (unpaired) electrons. The van der Waals surface area contributed by atoms with Crippen molar-refractivity contribution in [3.63, 3.8) is 0 Å². The maximum absolute atomic E-state index is 11.6. The number of benzene rings is 2. The molecule has 4 N–H and O–H groups in total. The summed E-state index contributed by atoms with van der Waals surface area (Å²) < 4.78 is 5.40. The molecule has 3 rings (SSSR count). The summed E-state index contributed by atoms with van der Waals surface area (Å²) in [5, 5.41) is 18.9. The first-order valence-electron chi connectivity index (χ1n) is 11.8. The number of carbonyl (C=O) groups excluding carboxylic acids is 1. The van der Waals surface area contributed by atoms with E-state index in [0.717, 1.165) is 50.4 Å². The van der Waals surface area contributed by atoms with E-state index in [1.165, 1.54) is 11.0 Å². The molecule has 1 aliphatic rings. The maximum Gasteiger partial charge on any atom is 0.185 e. The summed E-state index contributed by atoms with van der Waals surface area (Å²) in [5.74, 6) is 0.390. The molecule has 34 heavy (non-hydrogen) atoms. The number of ether oxygens (including phenoxy) is 1. The molecule has 1 saturated heterocycles. The van der Waals surface area contributed by atoms with Crippen molar-refractivity contribution in [3.05, 3.63) is 53.1 Å². The molecule has 0 spiro atoms. The van der Waals surface area contributed by atoms with Crippen LogP contribution in [-0.2, 0) is 11.3 Å². The fourth-order valence-corrected chi connectivity index (χ4v) is 4.40. The summed E-state index contributed by atoms with van der Waals surface area (Å²) in [4.78, 5) is 17.9. The minimum Gasteiger partial charge on any atom is -0.507 e. The van der Waals surface area contributed by atoms with Crippen molar-refractivity contribution in [2.24, 2.45) is 5.73 Å². The van der Waals surface area contributed by atoms with Gasteiger partial charge in [-0.2, -0.15) is 0 Å². The van der Waals surface area contributed by atoms with Crippen LogP contribution < -0.4 is 15.4 Å². The number of amidine groups is 1. The number of aromatic hydroxyl groups is 1. The number of nitrogens with zero attached hydrogens (tertiary/aromatic N) is 3. The van der Waals surface area contributed by atoms with Gasteiger partial charge in [0.1, 0.15) is 17.7 Å². The van der Waals surface area contributed by atoms with Gasteiger partial charge >= 0.3 is 0 Å². The molecule has 0 aliphatic carbocycles. The lowest BCUT2D eigenvalue weighted by Crippen LogP contribution is -2.45. The van der Waals surface area contributed by atoms with E-state index in [-0.39, 0.29) is 17.5 Å². The molecule has 184 valence electrons. The SMILES string of the molecule is CCN1CCN(Cc2ccc(N(C(=N)C=O)C(N)c3cc(C(C)C)c(OC)cc3O)cc2)CC1. The molecule has 0 amide bonds. The van der Waals surface area contributed by atoms with Crippen LogP contribution in [-0.4, -0.2) is 66.9 Å². The van der Waals surface area contributed by atoms with Crippen LogP contribution in [0.3, 0.4) is 0 Å². The topological polar surface area (TPSA) is 106 Å². The first-order valence-corrected chi connectivity index (χ1v) is 11.8. The third kappa shape index (κ3) is 5.75. The van der Waals surface area contributed by atoms with Crippen molar-refractivity contribution in [1.82, 2.24) is 9.80 Å². The van der Waals surface area contributed by atoms with Gasteiger partial charge in [-0.15, -0.1) is 0 Å². The predicted octanol–water partition coefficient (Wildman–Crippen LogP) is 3.30. The Bertz CT molecular complexity index is 985. The van der Waals surface area contributed by atoms with Gasteiger partial charge in [0.15, 0.2) is 12.1 Å². The van der Waals surface area contributed by atoms with Gasteiger partial charge in [0.2, 0.25) is 0 Å². The molecule has 2 aromatic carbocycles. The number of methoxy groups -OCH3 is 1. The highest BCUT2D eigenvalue weighted by Crippen LogP contribution is 2.37. The Morgan fingerprint density at radius 1 is 1.15 bits per heavy atom. The highest BCUT2D eigenvalue weighted by Gasteiger charge is 2.26. The first-order chi connectivity index (χ1) is 16.3. The van der Waals surface area contributed by atoms with Gasteiger partial charge < -0.3 is 25.4 Å². The number of carbonyl (C=O) groups is 1. The van der Waals surface area contributed by atoms with Gasteiger partial charge in [0.05, 0.1) is 7.11 Å². The van der Waals surface area contributed by atoms with Crippen LogP contribution in [0.5, 0.6) is 11.5 Å². The van der Waals surface area contributed by atoms with E-state index < -0.39 is 6.17 Å². The van der Waals surface area contributed by atoms with Crippen molar-refractivity contribution in [1.29, 1.82) is 5.41 Å². The molecular formula is C26H37N5O3. The number of nitrogens with one attached hydrogen (secondary N) is 1. The molecule has 1 heterocycles. The summed E-state index contributed by atoms with van der Waals surface area (Å²) in [6, 6.07) is 11.1. The number of hydrogen-bond donors (Lipinski definition) is 3. The summed E-state index contributed by atoms with van der Waals surface area (Å²) in [7, 11) is 1.56. The van der Waals surface area contributed by atoms with Crippen LogP contribution >= 0.6 is 0 Å². The Hall–Kier alpha value is -2.94. The minimum absolute atomic E-state index is 0.0414. The number of rotatable bonds is 9. The average Bonchev–Trinajstić information content (AvgIpc) is 2.85. The molecule has 2 aromatic rings. The number of piperazine rings is 1. The molecule has 0 saturated carbocycles. The van der Waals surface area contributed by atoms with Gasteiger partial charge in [-0.1, -0.05) is 32.9 Å². The fraction of sp³-hybridized carbons (Fsp3) is 0.462. The first kappa shape index (κ1) is 25.7. The number of phenols is 1. The van der Waals surface area contributed by atoms with Gasteiger partial charge in [0, 0.05) is 50.0 Å². The fourth-order valence-electron chi connectivity index (χ4n) is 4.40. The Balaban J connectivity index is 1.84. The van der Waals surface area contributed by atoms with Crippen LogP contribution in [0.25, 0.3) is 0 Å². The van der Waals surface area contributed by atoms with Crippen molar-refractivity contribution in [2.75, 3.05) is 44.7 Å². The molecule has 1 atom stereocenters. The van der Waals surface area contributed by atoms with Crippen molar-refractivity contribution in [2.45, 2.75) is 39.4 Å². The Kier molecular flexibility index (Phi) is 8.66. The van der Waals surface area contributed by atoms with Gasteiger partial charge in [-0.3, -0.25) is 15.1 Å². The molecule has 0 aromatic heterocycles. The van der Waals surface area contributed by atoms with Gasteiger partial charge in [-0.05, 0) is 41.8 Å². The maximum atomic E-state index is 11.6. The second-order valence-corrected chi connectivity index (χ2v) is 9.00. The van der Waals surface area contributed by atoms with Crippen LogP contribution in [0, 0.1) is 5.41 Å². The number of aldehydes is 1. The summed E-state index contributed by atoms with van der Waals surface area (Å²) >= 11 is 0. The van der Waals surface area contributed by atoms with Crippen LogP contribution in [0.15, 0.2) is 36.4 Å². The predicted molar refractivity (Wildman–Crippen MR) is 136 cm³/mol. The highest BCUT2D eigenvalue weighted by molar-refractivity contribution is 6.32. The molecule has 1 aliphatic heterocycles. The number of anilines is 1. The Morgan fingerprint density at radius 2 is 1.76 bits per heavy atom. The Labute approximate surface area is 202 Å². The molecule has 8 heteroatoms. The normalized spacial score (nSPS) is 15.8.